The van der Waals surface area contributed by atoms with E-state index in [-0.39, 0.29) is 0 Å². The van der Waals surface area contributed by atoms with E-state index in [9.17, 15) is 4.79 Å². The summed E-state index contributed by atoms with van der Waals surface area (Å²) < 4.78 is 0. The van der Waals surface area contributed by atoms with Crippen LogP contribution in [0.5, 0.6) is 0 Å². The summed E-state index contributed by atoms with van der Waals surface area (Å²) >= 11 is 0. The third-order valence-electron chi connectivity index (χ3n) is 2.04. The van der Waals surface area contributed by atoms with E-state index in [2.05, 4.69) is 4.98 Å². The standard InChI is InChI=1S/C10H15N3O2/c1-13(2)9-6-7(3-4-12-9)5-8(11)10(14)15/h3-4,6,8H,5,11H2,1-2H3,(H,14,15). The zero-order chi connectivity index (χ0) is 11.4. The van der Waals surface area contributed by atoms with Gasteiger partial charge < -0.3 is 15.7 Å². The Balaban J connectivity index is 2.78. The van der Waals surface area contributed by atoms with Crippen molar-refractivity contribution in [2.45, 2.75) is 12.5 Å². The van der Waals surface area contributed by atoms with Crippen LogP contribution in [0.3, 0.4) is 0 Å². The van der Waals surface area contributed by atoms with Crippen molar-refractivity contribution in [3.8, 4) is 0 Å². The Kier molecular flexibility index (Phi) is 3.62. The fraction of sp³-hybridized carbons (Fsp3) is 0.400. The van der Waals surface area contributed by atoms with E-state index in [1.54, 1.807) is 12.3 Å². The molecule has 0 radical (unpaired) electrons. The van der Waals surface area contributed by atoms with Gasteiger partial charge in [0, 0.05) is 20.3 Å². The van der Waals surface area contributed by atoms with Crippen LogP contribution in [0.15, 0.2) is 18.3 Å². The molecule has 82 valence electrons. The molecular weight excluding hydrogens is 194 g/mol. The molecule has 0 saturated heterocycles. The molecule has 0 saturated carbocycles. The molecule has 3 N–H and O–H groups in total. The number of nitrogens with zero attached hydrogens (tertiary/aromatic N) is 2. The second-order valence-corrected chi connectivity index (χ2v) is 3.57. The second-order valence-electron chi connectivity index (χ2n) is 3.57. The monoisotopic (exact) mass is 209 g/mol. The van der Waals surface area contributed by atoms with Crippen molar-refractivity contribution < 1.29 is 9.90 Å². The summed E-state index contributed by atoms with van der Waals surface area (Å²) in [6.45, 7) is 0. The number of carboxylic acids is 1. The number of nitrogens with two attached hydrogens (primary N) is 1. The highest BCUT2D eigenvalue weighted by atomic mass is 16.4. The first-order valence-corrected chi connectivity index (χ1v) is 4.61. The summed E-state index contributed by atoms with van der Waals surface area (Å²) in [7, 11) is 3.76. The molecule has 15 heavy (non-hydrogen) atoms. The maximum Gasteiger partial charge on any atom is 0.320 e. The molecule has 1 unspecified atom stereocenters. The molecule has 5 heteroatoms. The van der Waals surface area contributed by atoms with Crippen molar-refractivity contribution in [2.75, 3.05) is 19.0 Å². The number of carboxylic acid groups (broad SMARTS) is 1. The molecule has 1 rings (SSSR count). The Hall–Kier alpha value is -1.62. The molecular formula is C10H15N3O2. The Morgan fingerprint density at radius 2 is 2.33 bits per heavy atom. The smallest absolute Gasteiger partial charge is 0.320 e. The van der Waals surface area contributed by atoms with Crippen LogP contribution in [0.2, 0.25) is 0 Å². The molecule has 5 nitrogen and oxygen atoms in total. The van der Waals surface area contributed by atoms with Crippen LogP contribution in [-0.4, -0.2) is 36.2 Å². The lowest BCUT2D eigenvalue weighted by Crippen LogP contribution is -2.32. The molecule has 0 aliphatic rings. The van der Waals surface area contributed by atoms with Crippen molar-refractivity contribution in [1.82, 2.24) is 4.98 Å². The summed E-state index contributed by atoms with van der Waals surface area (Å²) in [5, 5.41) is 8.67. The van der Waals surface area contributed by atoms with Gasteiger partial charge in [0.2, 0.25) is 0 Å². The van der Waals surface area contributed by atoms with Crippen LogP contribution < -0.4 is 10.6 Å². The first kappa shape index (κ1) is 11.5. The minimum atomic E-state index is -0.988. The highest BCUT2D eigenvalue weighted by Crippen LogP contribution is 2.10. The number of hydrogen-bond donors (Lipinski definition) is 2. The van der Waals surface area contributed by atoms with Gasteiger partial charge in [0.25, 0.3) is 0 Å². The lowest BCUT2D eigenvalue weighted by Gasteiger charge is -2.13. The first-order chi connectivity index (χ1) is 7.00. The minimum Gasteiger partial charge on any atom is -0.480 e. The number of pyridine rings is 1. The van der Waals surface area contributed by atoms with Gasteiger partial charge in [-0.2, -0.15) is 0 Å². The van der Waals surface area contributed by atoms with Gasteiger partial charge in [0.05, 0.1) is 0 Å². The second kappa shape index (κ2) is 4.75. The predicted octanol–water partition coefficient (Wildman–Crippen LogP) is 0.102. The highest BCUT2D eigenvalue weighted by molar-refractivity contribution is 5.73. The largest absolute Gasteiger partial charge is 0.480 e. The summed E-state index contributed by atoms with van der Waals surface area (Å²) in [4.78, 5) is 16.6. The molecule has 1 aromatic heterocycles. The molecule has 0 aliphatic heterocycles. The number of carbonyl (C=O) groups is 1. The summed E-state index contributed by atoms with van der Waals surface area (Å²) in [6, 6.07) is 2.75. The van der Waals surface area contributed by atoms with Crippen molar-refractivity contribution in [1.29, 1.82) is 0 Å². The van der Waals surface area contributed by atoms with Gasteiger partial charge in [-0.1, -0.05) is 0 Å². The molecule has 1 heterocycles. The van der Waals surface area contributed by atoms with Crippen LogP contribution >= 0.6 is 0 Å². The molecule has 0 amide bonds. The average Bonchev–Trinajstić information content (AvgIpc) is 2.18. The topological polar surface area (TPSA) is 79.5 Å². The number of rotatable bonds is 4. The van der Waals surface area contributed by atoms with E-state index >= 15 is 0 Å². The lowest BCUT2D eigenvalue weighted by molar-refractivity contribution is -0.138. The maximum atomic E-state index is 10.6. The van der Waals surface area contributed by atoms with Crippen LogP contribution in [0.4, 0.5) is 5.82 Å². The van der Waals surface area contributed by atoms with Crippen LogP contribution in [-0.2, 0) is 11.2 Å². The highest BCUT2D eigenvalue weighted by Gasteiger charge is 2.12. The summed E-state index contributed by atoms with van der Waals surface area (Å²) in [5.74, 6) is -0.191. The van der Waals surface area contributed by atoms with Crippen LogP contribution in [0.25, 0.3) is 0 Å². The van der Waals surface area contributed by atoms with E-state index in [1.807, 2.05) is 25.1 Å². The number of anilines is 1. The van der Waals surface area contributed by atoms with E-state index in [0.29, 0.717) is 6.42 Å². The van der Waals surface area contributed by atoms with Gasteiger partial charge in [-0.3, -0.25) is 4.79 Å². The number of hydrogen-bond acceptors (Lipinski definition) is 4. The Morgan fingerprint density at radius 3 is 2.87 bits per heavy atom. The van der Waals surface area contributed by atoms with Gasteiger partial charge in [0.1, 0.15) is 11.9 Å². The molecule has 0 aromatic carbocycles. The van der Waals surface area contributed by atoms with E-state index in [4.69, 9.17) is 10.8 Å². The van der Waals surface area contributed by atoms with Crippen LogP contribution in [0, 0.1) is 0 Å². The minimum absolute atomic E-state index is 0.318. The Bertz CT molecular complexity index is 352. The molecule has 1 aromatic rings. The van der Waals surface area contributed by atoms with E-state index < -0.39 is 12.0 Å². The quantitative estimate of drug-likeness (QED) is 0.735. The molecule has 0 aliphatic carbocycles. The average molecular weight is 209 g/mol. The van der Waals surface area contributed by atoms with Gasteiger partial charge in [-0.15, -0.1) is 0 Å². The number of aliphatic carboxylic acids is 1. The molecule has 0 fully saturated rings. The maximum absolute atomic E-state index is 10.6. The SMILES string of the molecule is CN(C)c1cc(CC(N)C(=O)O)ccn1. The van der Waals surface area contributed by atoms with E-state index in [0.717, 1.165) is 11.4 Å². The number of aromatic nitrogens is 1. The Labute approximate surface area is 88.5 Å². The van der Waals surface area contributed by atoms with E-state index in [1.165, 1.54) is 0 Å². The third-order valence-corrected chi connectivity index (χ3v) is 2.04. The summed E-state index contributed by atoms with van der Waals surface area (Å²) in [5.41, 5.74) is 6.32. The molecule has 0 spiro atoms. The lowest BCUT2D eigenvalue weighted by atomic mass is 10.1. The Morgan fingerprint density at radius 1 is 1.67 bits per heavy atom. The van der Waals surface area contributed by atoms with Gasteiger partial charge in [-0.05, 0) is 24.1 Å². The van der Waals surface area contributed by atoms with Gasteiger partial charge in [-0.25, -0.2) is 4.98 Å². The van der Waals surface area contributed by atoms with Gasteiger partial charge >= 0.3 is 5.97 Å². The molecule has 1 atom stereocenters. The summed E-state index contributed by atoms with van der Waals surface area (Å²) in [6.07, 6.45) is 1.97. The molecule has 0 bridgehead atoms. The zero-order valence-corrected chi connectivity index (χ0v) is 8.84. The van der Waals surface area contributed by atoms with Crippen molar-refractivity contribution in [3.63, 3.8) is 0 Å². The van der Waals surface area contributed by atoms with Crippen molar-refractivity contribution in [2.24, 2.45) is 5.73 Å². The fourth-order valence-corrected chi connectivity index (χ4v) is 1.17. The van der Waals surface area contributed by atoms with Crippen LogP contribution in [0.1, 0.15) is 5.56 Å². The van der Waals surface area contributed by atoms with Crippen molar-refractivity contribution >= 4 is 11.8 Å². The normalized spacial score (nSPS) is 12.2. The first-order valence-electron chi connectivity index (χ1n) is 4.61. The van der Waals surface area contributed by atoms with Crippen molar-refractivity contribution in [3.05, 3.63) is 23.9 Å². The fourth-order valence-electron chi connectivity index (χ4n) is 1.17. The third kappa shape index (κ3) is 3.21. The van der Waals surface area contributed by atoms with Gasteiger partial charge in [0.15, 0.2) is 0 Å². The zero-order valence-electron chi connectivity index (χ0n) is 8.84. The predicted molar refractivity (Wildman–Crippen MR) is 57.9 cm³/mol.